The number of benzene rings is 1. The van der Waals surface area contributed by atoms with Crippen molar-refractivity contribution < 1.29 is 5.11 Å². The molecule has 1 atom stereocenters. The number of nitrogens with one attached hydrogen (secondary N) is 1. The Morgan fingerprint density at radius 1 is 1.50 bits per heavy atom. The van der Waals surface area contributed by atoms with Crippen LogP contribution in [-0.2, 0) is 6.42 Å². The van der Waals surface area contributed by atoms with Gasteiger partial charge in [0.1, 0.15) is 0 Å². The van der Waals surface area contributed by atoms with E-state index in [2.05, 4.69) is 30.4 Å². The van der Waals surface area contributed by atoms with E-state index in [1.165, 1.54) is 16.8 Å². The summed E-state index contributed by atoms with van der Waals surface area (Å²) in [6.45, 7) is 2.40. The summed E-state index contributed by atoms with van der Waals surface area (Å²) in [5, 5.41) is 12.3. The predicted molar refractivity (Wildman–Crippen MR) is 58.6 cm³/mol. The van der Waals surface area contributed by atoms with Crippen molar-refractivity contribution in [3.05, 3.63) is 29.3 Å². The SMILES string of the molecule is Cc1ccc2c(c1)CCC(CCO)N2. The second-order valence-electron chi connectivity index (χ2n) is 4.05. The third-order valence-electron chi connectivity index (χ3n) is 2.86. The summed E-state index contributed by atoms with van der Waals surface area (Å²) < 4.78 is 0. The van der Waals surface area contributed by atoms with Crippen molar-refractivity contribution in [3.8, 4) is 0 Å². The number of aliphatic hydroxyl groups excluding tert-OH is 1. The highest BCUT2D eigenvalue weighted by Crippen LogP contribution is 2.26. The monoisotopic (exact) mass is 191 g/mol. The number of anilines is 1. The van der Waals surface area contributed by atoms with Crippen molar-refractivity contribution in [1.82, 2.24) is 0 Å². The third kappa shape index (κ3) is 1.90. The average Bonchev–Trinajstić information content (AvgIpc) is 2.19. The van der Waals surface area contributed by atoms with Gasteiger partial charge in [0.15, 0.2) is 0 Å². The molecule has 0 radical (unpaired) electrons. The van der Waals surface area contributed by atoms with Crippen molar-refractivity contribution in [2.45, 2.75) is 32.2 Å². The minimum atomic E-state index is 0.277. The smallest absolute Gasteiger partial charge is 0.0450 e. The van der Waals surface area contributed by atoms with Crippen LogP contribution in [0.1, 0.15) is 24.0 Å². The molecule has 1 aliphatic rings. The Kier molecular flexibility index (Phi) is 2.73. The molecule has 14 heavy (non-hydrogen) atoms. The van der Waals surface area contributed by atoms with Gasteiger partial charge in [0.05, 0.1) is 0 Å². The predicted octanol–water partition coefficient (Wildman–Crippen LogP) is 2.10. The van der Waals surface area contributed by atoms with Crippen LogP contribution in [0.4, 0.5) is 5.69 Å². The summed E-state index contributed by atoms with van der Waals surface area (Å²) >= 11 is 0. The second-order valence-corrected chi connectivity index (χ2v) is 4.05. The van der Waals surface area contributed by atoms with Crippen LogP contribution >= 0.6 is 0 Å². The maximum absolute atomic E-state index is 8.87. The largest absolute Gasteiger partial charge is 0.396 e. The molecule has 0 spiro atoms. The Labute approximate surface area is 85.0 Å². The van der Waals surface area contributed by atoms with Crippen molar-refractivity contribution in [2.75, 3.05) is 11.9 Å². The van der Waals surface area contributed by atoms with Gasteiger partial charge in [0.2, 0.25) is 0 Å². The van der Waals surface area contributed by atoms with E-state index >= 15 is 0 Å². The van der Waals surface area contributed by atoms with E-state index in [9.17, 15) is 0 Å². The highest BCUT2D eigenvalue weighted by Gasteiger charge is 2.16. The minimum absolute atomic E-state index is 0.277. The van der Waals surface area contributed by atoms with Gasteiger partial charge < -0.3 is 10.4 Å². The molecule has 0 fully saturated rings. The van der Waals surface area contributed by atoms with Gasteiger partial charge in [-0.3, -0.25) is 0 Å². The number of aryl methyl sites for hydroxylation is 2. The van der Waals surface area contributed by atoms with E-state index in [4.69, 9.17) is 5.11 Å². The number of aliphatic hydroxyl groups is 1. The van der Waals surface area contributed by atoms with Gasteiger partial charge in [-0.1, -0.05) is 17.7 Å². The molecule has 0 aromatic heterocycles. The van der Waals surface area contributed by atoms with Gasteiger partial charge in [0, 0.05) is 18.3 Å². The van der Waals surface area contributed by atoms with Crippen molar-refractivity contribution in [2.24, 2.45) is 0 Å². The summed E-state index contributed by atoms with van der Waals surface area (Å²) in [5.41, 5.74) is 3.99. The number of hydrogen-bond acceptors (Lipinski definition) is 2. The zero-order valence-electron chi connectivity index (χ0n) is 8.59. The van der Waals surface area contributed by atoms with Crippen LogP contribution in [-0.4, -0.2) is 17.8 Å². The van der Waals surface area contributed by atoms with Gasteiger partial charge in [0.25, 0.3) is 0 Å². The molecule has 1 heterocycles. The lowest BCUT2D eigenvalue weighted by Crippen LogP contribution is -2.26. The molecule has 0 saturated heterocycles. The van der Waals surface area contributed by atoms with Gasteiger partial charge in [-0.25, -0.2) is 0 Å². The molecule has 1 aliphatic heterocycles. The highest BCUT2D eigenvalue weighted by atomic mass is 16.3. The van der Waals surface area contributed by atoms with Crippen LogP contribution in [0, 0.1) is 6.92 Å². The first-order valence-electron chi connectivity index (χ1n) is 5.26. The molecule has 76 valence electrons. The molecule has 2 nitrogen and oxygen atoms in total. The van der Waals surface area contributed by atoms with E-state index in [1.807, 2.05) is 0 Å². The minimum Gasteiger partial charge on any atom is -0.396 e. The first-order valence-corrected chi connectivity index (χ1v) is 5.26. The van der Waals surface area contributed by atoms with Gasteiger partial charge in [-0.2, -0.15) is 0 Å². The lowest BCUT2D eigenvalue weighted by molar-refractivity contribution is 0.276. The highest BCUT2D eigenvalue weighted by molar-refractivity contribution is 5.55. The Bertz CT molecular complexity index is 322. The molecular weight excluding hydrogens is 174 g/mol. The molecule has 0 amide bonds. The van der Waals surface area contributed by atoms with Crippen LogP contribution in [0.3, 0.4) is 0 Å². The summed E-state index contributed by atoms with van der Waals surface area (Å²) in [6, 6.07) is 6.98. The summed E-state index contributed by atoms with van der Waals surface area (Å²) in [6.07, 6.45) is 3.12. The van der Waals surface area contributed by atoms with E-state index in [0.717, 1.165) is 19.3 Å². The van der Waals surface area contributed by atoms with Crippen LogP contribution in [0.2, 0.25) is 0 Å². The van der Waals surface area contributed by atoms with Gasteiger partial charge in [-0.15, -0.1) is 0 Å². The fraction of sp³-hybridized carbons (Fsp3) is 0.500. The average molecular weight is 191 g/mol. The molecule has 0 aliphatic carbocycles. The van der Waals surface area contributed by atoms with Gasteiger partial charge in [-0.05, 0) is 37.8 Å². The fourth-order valence-corrected chi connectivity index (χ4v) is 2.06. The lowest BCUT2D eigenvalue weighted by Gasteiger charge is -2.26. The molecule has 2 N–H and O–H groups in total. The van der Waals surface area contributed by atoms with Crippen molar-refractivity contribution >= 4 is 5.69 Å². The molecule has 1 aromatic carbocycles. The maximum Gasteiger partial charge on any atom is 0.0450 e. The molecule has 0 bridgehead atoms. The maximum atomic E-state index is 8.87. The second kappa shape index (κ2) is 4.01. The zero-order chi connectivity index (χ0) is 9.97. The summed E-state index contributed by atoms with van der Waals surface area (Å²) in [5.74, 6) is 0. The van der Waals surface area contributed by atoms with E-state index in [-0.39, 0.29) is 6.61 Å². The van der Waals surface area contributed by atoms with Crippen molar-refractivity contribution in [3.63, 3.8) is 0 Å². The quantitative estimate of drug-likeness (QED) is 0.750. The molecule has 1 unspecified atom stereocenters. The zero-order valence-corrected chi connectivity index (χ0v) is 8.59. The normalized spacial score (nSPS) is 20.0. The van der Waals surface area contributed by atoms with E-state index < -0.39 is 0 Å². The molecule has 0 saturated carbocycles. The number of rotatable bonds is 2. The van der Waals surface area contributed by atoms with Gasteiger partial charge >= 0.3 is 0 Å². The molecule has 2 heteroatoms. The Hall–Kier alpha value is -1.02. The first kappa shape index (κ1) is 9.53. The van der Waals surface area contributed by atoms with Crippen LogP contribution < -0.4 is 5.32 Å². The first-order chi connectivity index (χ1) is 6.79. The van der Waals surface area contributed by atoms with Crippen LogP contribution in [0.25, 0.3) is 0 Å². The Balaban J connectivity index is 2.15. The van der Waals surface area contributed by atoms with E-state index in [0.29, 0.717) is 6.04 Å². The number of fused-ring (bicyclic) bond motifs is 1. The number of hydrogen-bond donors (Lipinski definition) is 2. The summed E-state index contributed by atoms with van der Waals surface area (Å²) in [4.78, 5) is 0. The Morgan fingerprint density at radius 2 is 2.36 bits per heavy atom. The summed E-state index contributed by atoms with van der Waals surface area (Å²) in [7, 11) is 0. The molecular formula is C12H17NO. The molecule has 1 aromatic rings. The van der Waals surface area contributed by atoms with Crippen LogP contribution in [0.15, 0.2) is 18.2 Å². The van der Waals surface area contributed by atoms with Crippen molar-refractivity contribution in [1.29, 1.82) is 0 Å². The molecule has 2 rings (SSSR count). The Morgan fingerprint density at radius 3 is 3.14 bits per heavy atom. The topological polar surface area (TPSA) is 32.3 Å². The standard InChI is InChI=1S/C12H17NO/c1-9-2-5-12-10(8-9)3-4-11(13-12)6-7-14/h2,5,8,11,13-14H,3-4,6-7H2,1H3. The fourth-order valence-electron chi connectivity index (χ4n) is 2.06. The third-order valence-corrected chi connectivity index (χ3v) is 2.86. The van der Waals surface area contributed by atoms with Crippen LogP contribution in [0.5, 0.6) is 0 Å². The lowest BCUT2D eigenvalue weighted by atomic mass is 9.95. The van der Waals surface area contributed by atoms with E-state index in [1.54, 1.807) is 0 Å².